The third-order valence-electron chi connectivity index (χ3n) is 2.59. The molecule has 0 aliphatic carbocycles. The lowest BCUT2D eigenvalue weighted by molar-refractivity contribution is -0.118. The van der Waals surface area contributed by atoms with Crippen molar-refractivity contribution in [3.63, 3.8) is 0 Å². The molecule has 4 unspecified atom stereocenters. The molecule has 0 saturated carbocycles. The monoisotopic (exact) mass is 279 g/mol. The Labute approximate surface area is 112 Å². The van der Waals surface area contributed by atoms with Gasteiger partial charge in [0.2, 0.25) is 5.91 Å². The third-order valence-corrected chi connectivity index (χ3v) is 2.59. The van der Waals surface area contributed by atoms with E-state index in [1.807, 2.05) is 0 Å². The van der Waals surface area contributed by atoms with E-state index in [9.17, 15) is 15.0 Å². The normalized spacial score (nSPS) is 25.6. The van der Waals surface area contributed by atoms with Crippen LogP contribution in [0.1, 0.15) is 14.4 Å². The van der Waals surface area contributed by atoms with Gasteiger partial charge in [0, 0.05) is 6.92 Å². The first-order chi connectivity index (χ1) is 8.49. The fourth-order valence-electron chi connectivity index (χ4n) is 1.69. The number of carbonyl (C=O) groups excluding carboxylic acids is 1. The highest BCUT2D eigenvalue weighted by Gasteiger charge is 2.45. The van der Waals surface area contributed by atoms with Gasteiger partial charge in [-0.3, -0.25) is 4.79 Å². The molecule has 1 heterocycles. The zero-order valence-electron chi connectivity index (χ0n) is 10.0. The summed E-state index contributed by atoms with van der Waals surface area (Å²) in [5.41, 5.74) is 0. The van der Waals surface area contributed by atoms with Gasteiger partial charge in [-0.1, -0.05) is 7.43 Å². The van der Waals surface area contributed by atoms with Gasteiger partial charge in [0.25, 0.3) is 0 Å². The number of aliphatic hydroxyl groups excluding tert-OH is 4. The molecule has 1 fully saturated rings. The van der Waals surface area contributed by atoms with Crippen molar-refractivity contribution in [1.82, 2.24) is 5.32 Å². The Morgan fingerprint density at radius 1 is 1.21 bits per heavy atom. The molecule has 0 spiro atoms. The maximum atomic E-state index is 10.7. The van der Waals surface area contributed by atoms with E-state index in [-0.39, 0.29) is 19.8 Å². The van der Waals surface area contributed by atoms with Crippen LogP contribution < -0.4 is 5.32 Å². The summed E-state index contributed by atoms with van der Waals surface area (Å²) in [5, 5.41) is 39.3. The highest BCUT2D eigenvalue weighted by atomic mass is 16.7. The molecule has 1 amide bonds. The molecule has 1 rings (SSSR count). The molecule has 0 radical (unpaired) electrons. The van der Waals surface area contributed by atoms with Gasteiger partial charge >= 0.3 is 7.12 Å². The second-order valence-corrected chi connectivity index (χ2v) is 4.07. The second kappa shape index (κ2) is 8.46. The Balaban J connectivity index is 0.00000324. The largest absolute Gasteiger partial charge is 0.478 e. The van der Waals surface area contributed by atoms with Crippen LogP contribution in [0.25, 0.3) is 0 Å². The van der Waals surface area contributed by atoms with Crippen molar-refractivity contribution in [2.24, 2.45) is 0 Å². The fourth-order valence-corrected chi connectivity index (χ4v) is 1.69. The summed E-state index contributed by atoms with van der Waals surface area (Å²) in [5.74, 6) is -0.271. The predicted octanol–water partition coefficient (Wildman–Crippen LogP) is -2.72. The van der Waals surface area contributed by atoms with E-state index in [1.54, 1.807) is 0 Å². The van der Waals surface area contributed by atoms with Gasteiger partial charge in [0.15, 0.2) is 0 Å². The van der Waals surface area contributed by atoms with Crippen molar-refractivity contribution >= 4 is 13.0 Å². The van der Waals surface area contributed by atoms with Crippen LogP contribution in [0.2, 0.25) is 0 Å². The molecule has 1 saturated heterocycles. The Morgan fingerprint density at radius 3 is 1.95 bits per heavy atom. The molecular weight excluding hydrogens is 257 g/mol. The summed E-state index contributed by atoms with van der Waals surface area (Å²) >= 11 is 0. The maximum Gasteiger partial charge on any atom is 0.478 e. The van der Waals surface area contributed by atoms with Crippen molar-refractivity contribution in [3.05, 3.63) is 0 Å². The molecule has 0 aromatic rings. The highest BCUT2D eigenvalue weighted by molar-refractivity contribution is 6.45. The lowest BCUT2D eigenvalue weighted by Crippen LogP contribution is -2.45. The Kier molecular flexibility index (Phi) is 8.15. The number of amides is 1. The van der Waals surface area contributed by atoms with E-state index in [2.05, 4.69) is 5.32 Å². The maximum absolute atomic E-state index is 10.7. The average molecular weight is 279 g/mol. The molecule has 112 valence electrons. The Morgan fingerprint density at radius 2 is 1.63 bits per heavy atom. The number of rotatable bonds is 6. The van der Waals surface area contributed by atoms with Crippen LogP contribution in [0.5, 0.6) is 0 Å². The number of aliphatic hydroxyl groups is 4. The van der Waals surface area contributed by atoms with Crippen molar-refractivity contribution in [3.8, 4) is 0 Å². The Hall–Kier alpha value is -0.705. The first-order valence-electron chi connectivity index (χ1n) is 5.62. The summed E-state index contributed by atoms with van der Waals surface area (Å²) in [6.45, 7) is 0.208. The van der Waals surface area contributed by atoms with Crippen LogP contribution in [0.4, 0.5) is 0 Å². The summed E-state index contributed by atoms with van der Waals surface area (Å²) < 4.78 is 10.6. The van der Waals surface area contributed by atoms with Crippen LogP contribution in [-0.4, -0.2) is 77.5 Å². The van der Waals surface area contributed by atoms with Crippen molar-refractivity contribution in [1.29, 1.82) is 0 Å². The molecule has 9 heteroatoms. The van der Waals surface area contributed by atoms with Gasteiger partial charge in [0.1, 0.15) is 12.2 Å². The van der Waals surface area contributed by atoms with Crippen LogP contribution in [0.15, 0.2) is 0 Å². The summed E-state index contributed by atoms with van der Waals surface area (Å²) in [7, 11) is -0.841. The van der Waals surface area contributed by atoms with E-state index in [0.717, 1.165) is 0 Å². The van der Waals surface area contributed by atoms with Crippen LogP contribution in [0.3, 0.4) is 0 Å². The average Bonchev–Trinajstić information content (AvgIpc) is 2.78. The molecule has 0 bridgehead atoms. The van der Waals surface area contributed by atoms with Gasteiger partial charge in [0.05, 0.1) is 31.9 Å². The highest BCUT2D eigenvalue weighted by Crippen LogP contribution is 2.22. The van der Waals surface area contributed by atoms with Gasteiger partial charge < -0.3 is 35.1 Å². The first-order valence-corrected chi connectivity index (χ1v) is 5.62. The van der Waals surface area contributed by atoms with E-state index in [1.165, 1.54) is 6.92 Å². The standard InChI is InChI=1S/C9H18BNO7.CH4/c1-5(14)11-4-10-17-8(6(15)2-12)9(18-10)7(16)3-13;/h6-9,12-13,15-16H,2-4H2,1H3,(H,11,14);1H4. The smallest absolute Gasteiger partial charge is 0.402 e. The number of hydrogen-bond donors (Lipinski definition) is 5. The van der Waals surface area contributed by atoms with Crippen LogP contribution in [-0.2, 0) is 14.1 Å². The minimum Gasteiger partial charge on any atom is -0.402 e. The molecule has 0 aromatic carbocycles. The first kappa shape index (κ1) is 18.3. The van der Waals surface area contributed by atoms with E-state index in [0.29, 0.717) is 0 Å². The second-order valence-electron chi connectivity index (χ2n) is 4.07. The summed E-state index contributed by atoms with van der Waals surface area (Å²) in [6.07, 6.45) is -4.34. The quantitative estimate of drug-likeness (QED) is 0.334. The Bertz CT molecular complexity index is 263. The molecule has 0 aromatic heterocycles. The predicted molar refractivity (Wildman–Crippen MR) is 67.1 cm³/mol. The number of hydrogen-bond acceptors (Lipinski definition) is 7. The molecule has 19 heavy (non-hydrogen) atoms. The number of nitrogens with one attached hydrogen (secondary N) is 1. The summed E-state index contributed by atoms with van der Waals surface area (Å²) in [4.78, 5) is 10.7. The lowest BCUT2D eigenvalue weighted by Gasteiger charge is -2.24. The third kappa shape index (κ3) is 5.05. The van der Waals surface area contributed by atoms with E-state index in [4.69, 9.17) is 19.5 Å². The fraction of sp³-hybridized carbons (Fsp3) is 0.900. The molecule has 4 atom stereocenters. The van der Waals surface area contributed by atoms with Crippen molar-refractivity contribution < 1.29 is 34.5 Å². The summed E-state index contributed by atoms with van der Waals surface area (Å²) in [6, 6.07) is 0. The number of carbonyl (C=O) groups is 1. The van der Waals surface area contributed by atoms with E-state index >= 15 is 0 Å². The molecule has 1 aliphatic rings. The molecule has 8 nitrogen and oxygen atoms in total. The minimum absolute atomic E-state index is 0. The molecule has 1 aliphatic heterocycles. The molecule has 5 N–H and O–H groups in total. The van der Waals surface area contributed by atoms with Gasteiger partial charge in [-0.25, -0.2) is 0 Å². The lowest BCUT2D eigenvalue weighted by atomic mass is 9.91. The topological polar surface area (TPSA) is 128 Å². The zero-order valence-corrected chi connectivity index (χ0v) is 10.0. The van der Waals surface area contributed by atoms with Gasteiger partial charge in [-0.05, 0) is 0 Å². The zero-order chi connectivity index (χ0) is 13.7. The SMILES string of the molecule is C.CC(=O)NCB1OC(C(O)CO)C(C(O)CO)O1. The van der Waals surface area contributed by atoms with Gasteiger partial charge in [-0.15, -0.1) is 0 Å². The molecular formula is C10H22BNO7. The van der Waals surface area contributed by atoms with Crippen LogP contribution in [0, 0.1) is 0 Å². The van der Waals surface area contributed by atoms with Crippen LogP contribution >= 0.6 is 0 Å². The van der Waals surface area contributed by atoms with Crippen molar-refractivity contribution in [2.45, 2.75) is 38.8 Å². The van der Waals surface area contributed by atoms with Gasteiger partial charge in [-0.2, -0.15) is 0 Å². The van der Waals surface area contributed by atoms with E-state index < -0.39 is 44.7 Å². The minimum atomic E-state index is -1.24. The van der Waals surface area contributed by atoms with Crippen molar-refractivity contribution in [2.75, 3.05) is 19.7 Å².